The summed E-state index contributed by atoms with van der Waals surface area (Å²) in [6, 6.07) is 6.91. The molecule has 0 radical (unpaired) electrons. The lowest BCUT2D eigenvalue weighted by Crippen LogP contribution is -2.53. The van der Waals surface area contributed by atoms with Crippen molar-refractivity contribution >= 4 is 22.7 Å². The van der Waals surface area contributed by atoms with Crippen LogP contribution in [0.2, 0.25) is 0 Å². The van der Waals surface area contributed by atoms with Crippen molar-refractivity contribution in [2.24, 2.45) is 17.6 Å². The summed E-state index contributed by atoms with van der Waals surface area (Å²) in [4.78, 5) is 37.9. The van der Waals surface area contributed by atoms with Crippen molar-refractivity contribution in [2.45, 2.75) is 43.8 Å². The Morgan fingerprint density at radius 1 is 1.20 bits per heavy atom. The third-order valence-electron chi connectivity index (χ3n) is 6.84. The highest BCUT2D eigenvalue weighted by atomic mass is 16.2. The van der Waals surface area contributed by atoms with Crippen LogP contribution in [0, 0.1) is 23.2 Å². The first-order valence-corrected chi connectivity index (χ1v) is 10.5. The number of piperidine rings is 2. The van der Waals surface area contributed by atoms with E-state index in [1.54, 1.807) is 34.3 Å². The second kappa shape index (κ2) is 7.33. The SMILES string of the molecule is N#C[C@@H]1C[C@@H]2C[C@@H]2N1C(=O)[C@@H](N)C1CCN(C(=O)c2ccc3cnccc3n2)CC1. The lowest BCUT2D eigenvalue weighted by Gasteiger charge is -2.36. The number of hydrogen-bond acceptors (Lipinski definition) is 6. The van der Waals surface area contributed by atoms with Gasteiger partial charge in [-0.1, -0.05) is 0 Å². The highest BCUT2D eigenvalue weighted by molar-refractivity contribution is 5.94. The molecule has 2 aromatic rings. The molecule has 8 heteroatoms. The van der Waals surface area contributed by atoms with E-state index in [1.807, 2.05) is 6.07 Å². The molecule has 3 fully saturated rings. The molecule has 8 nitrogen and oxygen atoms in total. The Morgan fingerprint density at radius 3 is 2.77 bits per heavy atom. The zero-order chi connectivity index (χ0) is 20.8. The average molecular weight is 404 g/mol. The molecule has 4 atom stereocenters. The fraction of sp³-hybridized carbons (Fsp3) is 0.500. The number of aromatic nitrogens is 2. The molecule has 0 aromatic carbocycles. The molecule has 0 spiro atoms. The maximum absolute atomic E-state index is 13.0. The fourth-order valence-corrected chi connectivity index (χ4v) is 4.97. The van der Waals surface area contributed by atoms with Crippen LogP contribution in [0.3, 0.4) is 0 Å². The third kappa shape index (κ3) is 3.19. The van der Waals surface area contributed by atoms with E-state index in [0.717, 1.165) is 23.7 Å². The van der Waals surface area contributed by atoms with E-state index in [4.69, 9.17) is 5.73 Å². The monoisotopic (exact) mass is 404 g/mol. The molecular weight excluding hydrogens is 380 g/mol. The summed E-state index contributed by atoms with van der Waals surface area (Å²) in [7, 11) is 0. The van der Waals surface area contributed by atoms with Crippen molar-refractivity contribution in [3.8, 4) is 6.07 Å². The van der Waals surface area contributed by atoms with E-state index in [9.17, 15) is 14.9 Å². The quantitative estimate of drug-likeness (QED) is 0.825. The van der Waals surface area contributed by atoms with Crippen molar-refractivity contribution in [3.05, 3.63) is 36.3 Å². The molecule has 0 unspecified atom stereocenters. The summed E-state index contributed by atoms with van der Waals surface area (Å²) in [5.74, 6) is 0.308. The molecule has 1 saturated carbocycles. The number of hydrogen-bond donors (Lipinski definition) is 1. The van der Waals surface area contributed by atoms with Crippen LogP contribution < -0.4 is 5.73 Å². The number of carbonyl (C=O) groups is 2. The van der Waals surface area contributed by atoms with Crippen LogP contribution in [0.15, 0.2) is 30.6 Å². The summed E-state index contributed by atoms with van der Waals surface area (Å²) in [5.41, 5.74) is 7.50. The Bertz CT molecular complexity index is 1040. The Morgan fingerprint density at radius 2 is 2.00 bits per heavy atom. The van der Waals surface area contributed by atoms with Gasteiger partial charge in [0.05, 0.1) is 17.6 Å². The molecule has 5 rings (SSSR count). The highest BCUT2D eigenvalue weighted by Gasteiger charge is 2.55. The number of likely N-dealkylation sites (tertiary alicyclic amines) is 2. The van der Waals surface area contributed by atoms with Gasteiger partial charge in [0.15, 0.2) is 0 Å². The van der Waals surface area contributed by atoms with Crippen LogP contribution in [0.5, 0.6) is 0 Å². The molecule has 3 aliphatic rings. The van der Waals surface area contributed by atoms with E-state index < -0.39 is 6.04 Å². The predicted molar refractivity (Wildman–Crippen MR) is 109 cm³/mol. The second-order valence-electron chi connectivity index (χ2n) is 8.61. The molecule has 1 aliphatic carbocycles. The van der Waals surface area contributed by atoms with Gasteiger partial charge in [-0.2, -0.15) is 5.26 Å². The zero-order valence-corrected chi connectivity index (χ0v) is 16.6. The first-order chi connectivity index (χ1) is 14.6. The standard InChI is InChI=1S/C22H24N6O2/c23-11-16-9-15-10-19(15)28(16)22(30)20(24)13-4-7-27(8-5-13)21(29)18-2-1-14-12-25-6-3-17(14)26-18/h1-3,6,12-13,15-16,19-20H,4-5,7-10,24H2/t15-,16+,19+,20+/m1/s1. The molecule has 0 bridgehead atoms. The minimum atomic E-state index is -0.608. The lowest BCUT2D eigenvalue weighted by molar-refractivity contribution is -0.135. The zero-order valence-electron chi connectivity index (χ0n) is 16.6. The summed E-state index contributed by atoms with van der Waals surface area (Å²) in [6.07, 6.45) is 6.51. The van der Waals surface area contributed by atoms with Crippen molar-refractivity contribution < 1.29 is 9.59 Å². The summed E-state index contributed by atoms with van der Waals surface area (Å²) in [6.45, 7) is 1.10. The highest BCUT2D eigenvalue weighted by Crippen LogP contribution is 2.48. The molecule has 2 aromatic heterocycles. The lowest BCUT2D eigenvalue weighted by atomic mass is 9.88. The molecule has 4 heterocycles. The number of nitrogens with zero attached hydrogens (tertiary/aromatic N) is 5. The van der Waals surface area contributed by atoms with E-state index in [1.165, 1.54) is 0 Å². The van der Waals surface area contributed by atoms with Crippen LogP contribution >= 0.6 is 0 Å². The predicted octanol–water partition coefficient (Wildman–Crippen LogP) is 1.32. The third-order valence-corrected chi connectivity index (χ3v) is 6.84. The minimum absolute atomic E-state index is 0.0225. The van der Waals surface area contributed by atoms with Gasteiger partial charge < -0.3 is 15.5 Å². The van der Waals surface area contributed by atoms with E-state index >= 15 is 0 Å². The van der Waals surface area contributed by atoms with Crippen LogP contribution in [0.1, 0.15) is 36.2 Å². The summed E-state index contributed by atoms with van der Waals surface area (Å²) >= 11 is 0. The Hall–Kier alpha value is -3.05. The van der Waals surface area contributed by atoms with Gasteiger partial charge in [-0.15, -0.1) is 0 Å². The number of rotatable bonds is 3. The fourth-order valence-electron chi connectivity index (χ4n) is 4.97. The molecule has 2 amide bonds. The van der Waals surface area contributed by atoms with Gasteiger partial charge in [0.25, 0.3) is 5.91 Å². The Labute approximate surface area is 174 Å². The van der Waals surface area contributed by atoms with Crippen LogP contribution in [-0.4, -0.2) is 62.8 Å². The van der Waals surface area contributed by atoms with Gasteiger partial charge in [-0.25, -0.2) is 4.98 Å². The number of nitrogens with two attached hydrogens (primary N) is 1. The Kier molecular flexibility index (Phi) is 4.63. The van der Waals surface area contributed by atoms with Gasteiger partial charge in [-0.3, -0.25) is 14.6 Å². The van der Waals surface area contributed by atoms with Crippen LogP contribution in [-0.2, 0) is 4.79 Å². The molecule has 154 valence electrons. The van der Waals surface area contributed by atoms with Gasteiger partial charge in [0.2, 0.25) is 5.91 Å². The average Bonchev–Trinajstić information content (AvgIpc) is 3.47. The summed E-state index contributed by atoms with van der Waals surface area (Å²) < 4.78 is 0. The Balaban J connectivity index is 1.22. The number of pyridine rings is 2. The smallest absolute Gasteiger partial charge is 0.272 e. The number of carbonyl (C=O) groups excluding carboxylic acids is 2. The second-order valence-corrected chi connectivity index (χ2v) is 8.61. The first kappa shape index (κ1) is 18.9. The van der Waals surface area contributed by atoms with Crippen molar-refractivity contribution in [1.82, 2.24) is 19.8 Å². The van der Waals surface area contributed by atoms with Crippen molar-refractivity contribution in [1.29, 1.82) is 5.26 Å². The van der Waals surface area contributed by atoms with Gasteiger partial charge >= 0.3 is 0 Å². The first-order valence-electron chi connectivity index (χ1n) is 10.5. The normalized spacial score (nSPS) is 26.9. The van der Waals surface area contributed by atoms with Crippen LogP contribution in [0.25, 0.3) is 10.9 Å². The van der Waals surface area contributed by atoms with E-state index in [-0.39, 0.29) is 29.8 Å². The van der Waals surface area contributed by atoms with E-state index in [0.29, 0.717) is 37.5 Å². The van der Waals surface area contributed by atoms with Gasteiger partial charge in [-0.05, 0) is 55.7 Å². The summed E-state index contributed by atoms with van der Waals surface area (Å²) in [5, 5.41) is 10.2. The molecule has 2 saturated heterocycles. The van der Waals surface area contributed by atoms with E-state index in [2.05, 4.69) is 16.0 Å². The van der Waals surface area contributed by atoms with Crippen molar-refractivity contribution in [3.63, 3.8) is 0 Å². The topological polar surface area (TPSA) is 116 Å². The minimum Gasteiger partial charge on any atom is -0.337 e. The van der Waals surface area contributed by atoms with Gasteiger partial charge in [0, 0.05) is 36.9 Å². The molecule has 30 heavy (non-hydrogen) atoms. The van der Waals surface area contributed by atoms with Crippen LogP contribution in [0.4, 0.5) is 0 Å². The number of nitriles is 1. The largest absolute Gasteiger partial charge is 0.337 e. The number of amides is 2. The van der Waals surface area contributed by atoms with Crippen molar-refractivity contribution in [2.75, 3.05) is 13.1 Å². The molecule has 2 aliphatic heterocycles. The molecular formula is C22H24N6O2. The maximum Gasteiger partial charge on any atom is 0.272 e. The molecule has 2 N–H and O–H groups in total. The maximum atomic E-state index is 13.0. The number of fused-ring (bicyclic) bond motifs is 2. The van der Waals surface area contributed by atoms with Gasteiger partial charge in [0.1, 0.15) is 11.7 Å².